The average Bonchev–Trinajstić information content (AvgIpc) is 3.09. The van der Waals surface area contributed by atoms with E-state index in [4.69, 9.17) is 16.2 Å². The third kappa shape index (κ3) is 3.67. The molecule has 0 radical (unpaired) electrons. The average molecular weight is 404 g/mol. The van der Waals surface area contributed by atoms with Crippen LogP contribution in [0.2, 0.25) is 0 Å². The molecule has 6 heteroatoms. The van der Waals surface area contributed by atoms with Gasteiger partial charge in [-0.05, 0) is 34.9 Å². The second kappa shape index (κ2) is 7.93. The number of benzene rings is 3. The van der Waals surface area contributed by atoms with Gasteiger partial charge in [0.15, 0.2) is 5.96 Å². The normalized spacial score (nSPS) is 10.9. The number of hydrogen-bond donors (Lipinski definition) is 2. The molecule has 0 fully saturated rings. The molecule has 0 atom stereocenters. The highest BCUT2D eigenvalue weighted by atomic mass is 32.1. The molecule has 4 aromatic rings. The van der Waals surface area contributed by atoms with Crippen molar-refractivity contribution in [2.24, 2.45) is 16.5 Å². The molecule has 29 heavy (non-hydrogen) atoms. The van der Waals surface area contributed by atoms with Crippen LogP contribution in [0.25, 0.3) is 32.0 Å². The van der Waals surface area contributed by atoms with Crippen molar-refractivity contribution >= 4 is 44.1 Å². The van der Waals surface area contributed by atoms with Crippen molar-refractivity contribution in [3.63, 3.8) is 0 Å². The molecule has 0 unspecified atom stereocenters. The molecule has 0 aliphatic carbocycles. The van der Waals surface area contributed by atoms with Crippen molar-refractivity contribution in [2.45, 2.75) is 13.5 Å². The molecule has 0 amide bonds. The van der Waals surface area contributed by atoms with Gasteiger partial charge in [-0.3, -0.25) is 0 Å². The van der Waals surface area contributed by atoms with E-state index in [1.807, 2.05) is 24.3 Å². The lowest BCUT2D eigenvalue weighted by Gasteiger charge is -2.07. The molecule has 0 saturated carbocycles. The number of nitrogens with zero attached hydrogens (tertiary/aromatic N) is 1. The maximum absolute atomic E-state index is 12.6. The molecular formula is C23H21N3O2S. The number of rotatable bonds is 5. The standard InChI is InChI=1S/C23H21N3O2S/c1-2-28-22(27)21-18-11-10-15(12-19(18)29-20(21)13-26-23(24)25)17-9-5-7-14-6-3-4-8-16(14)17/h3-12H,2,13H2,1H3,(H4,24,25,26). The highest BCUT2D eigenvalue weighted by Gasteiger charge is 2.20. The Labute approximate surface area is 172 Å². The first-order valence-corrected chi connectivity index (χ1v) is 10.2. The number of aliphatic imine (C=N–C) groups is 1. The summed E-state index contributed by atoms with van der Waals surface area (Å²) in [4.78, 5) is 17.5. The van der Waals surface area contributed by atoms with E-state index < -0.39 is 0 Å². The third-order valence-corrected chi connectivity index (χ3v) is 5.89. The van der Waals surface area contributed by atoms with Gasteiger partial charge in [0.1, 0.15) is 0 Å². The summed E-state index contributed by atoms with van der Waals surface area (Å²) in [5.74, 6) is -0.355. The zero-order chi connectivity index (χ0) is 20.4. The number of carbonyl (C=O) groups excluding carboxylic acids is 1. The van der Waals surface area contributed by atoms with Gasteiger partial charge in [-0.1, -0.05) is 54.6 Å². The minimum atomic E-state index is -0.350. The maximum Gasteiger partial charge on any atom is 0.339 e. The molecule has 0 aliphatic rings. The Bertz CT molecular complexity index is 1230. The minimum absolute atomic E-state index is 0.00582. The van der Waals surface area contributed by atoms with Crippen molar-refractivity contribution in [3.8, 4) is 11.1 Å². The van der Waals surface area contributed by atoms with E-state index in [-0.39, 0.29) is 18.5 Å². The Morgan fingerprint density at radius 2 is 1.83 bits per heavy atom. The van der Waals surface area contributed by atoms with E-state index >= 15 is 0 Å². The third-order valence-electron chi connectivity index (χ3n) is 4.75. The Morgan fingerprint density at radius 1 is 1.03 bits per heavy atom. The number of fused-ring (bicyclic) bond motifs is 2. The monoisotopic (exact) mass is 403 g/mol. The summed E-state index contributed by atoms with van der Waals surface area (Å²) in [6, 6.07) is 20.7. The molecule has 0 aliphatic heterocycles. The fourth-order valence-corrected chi connectivity index (χ4v) is 4.65. The number of guanidine groups is 1. The zero-order valence-corrected chi connectivity index (χ0v) is 16.8. The molecule has 4 N–H and O–H groups in total. The van der Waals surface area contributed by atoms with Gasteiger partial charge in [0.25, 0.3) is 0 Å². The predicted octanol–water partition coefficient (Wildman–Crippen LogP) is 4.67. The quantitative estimate of drug-likeness (QED) is 0.288. The van der Waals surface area contributed by atoms with Crippen LogP contribution >= 0.6 is 11.3 Å². The van der Waals surface area contributed by atoms with Crippen molar-refractivity contribution in [2.75, 3.05) is 6.61 Å². The lowest BCUT2D eigenvalue weighted by atomic mass is 9.97. The highest BCUT2D eigenvalue weighted by molar-refractivity contribution is 7.19. The molecule has 0 saturated heterocycles. The van der Waals surface area contributed by atoms with Crippen LogP contribution in [-0.4, -0.2) is 18.5 Å². The zero-order valence-electron chi connectivity index (χ0n) is 16.0. The highest BCUT2D eigenvalue weighted by Crippen LogP contribution is 2.37. The van der Waals surface area contributed by atoms with Gasteiger partial charge in [-0.2, -0.15) is 0 Å². The van der Waals surface area contributed by atoms with Gasteiger partial charge in [-0.15, -0.1) is 11.3 Å². The second-order valence-electron chi connectivity index (χ2n) is 6.60. The lowest BCUT2D eigenvalue weighted by Crippen LogP contribution is -2.22. The van der Waals surface area contributed by atoms with Gasteiger partial charge in [-0.25, -0.2) is 9.79 Å². The van der Waals surface area contributed by atoms with Crippen molar-refractivity contribution < 1.29 is 9.53 Å². The number of esters is 1. The lowest BCUT2D eigenvalue weighted by molar-refractivity contribution is 0.0528. The molecule has 5 nitrogen and oxygen atoms in total. The number of nitrogens with two attached hydrogens (primary N) is 2. The van der Waals surface area contributed by atoms with Crippen LogP contribution < -0.4 is 11.5 Å². The Kier molecular flexibility index (Phi) is 5.18. The first-order chi connectivity index (χ1) is 14.1. The van der Waals surface area contributed by atoms with E-state index in [2.05, 4.69) is 41.4 Å². The van der Waals surface area contributed by atoms with E-state index in [0.717, 1.165) is 26.1 Å². The fraction of sp³-hybridized carbons (Fsp3) is 0.130. The van der Waals surface area contributed by atoms with Crippen LogP contribution in [0.3, 0.4) is 0 Å². The molecule has 146 valence electrons. The summed E-state index contributed by atoms with van der Waals surface area (Å²) in [5.41, 5.74) is 13.8. The summed E-state index contributed by atoms with van der Waals surface area (Å²) in [6.45, 7) is 2.35. The Hall–Kier alpha value is -3.38. The van der Waals surface area contributed by atoms with Gasteiger partial charge in [0.2, 0.25) is 0 Å². The van der Waals surface area contributed by atoms with Gasteiger partial charge in [0, 0.05) is 15.0 Å². The number of hydrogen-bond acceptors (Lipinski definition) is 4. The van der Waals surface area contributed by atoms with Gasteiger partial charge in [0.05, 0.1) is 18.7 Å². The number of ether oxygens (including phenoxy) is 1. The summed E-state index contributed by atoms with van der Waals surface area (Å²) < 4.78 is 6.27. The molecule has 4 rings (SSSR count). The van der Waals surface area contributed by atoms with E-state index in [1.165, 1.54) is 22.1 Å². The molecule has 0 bridgehead atoms. The summed E-state index contributed by atoms with van der Waals surface area (Å²) in [5, 5.41) is 3.24. The predicted molar refractivity (Wildman–Crippen MR) is 120 cm³/mol. The SMILES string of the molecule is CCOC(=O)c1c(CN=C(N)N)sc2cc(-c3cccc4ccccc34)ccc12. The minimum Gasteiger partial charge on any atom is -0.462 e. The summed E-state index contributed by atoms with van der Waals surface area (Å²) >= 11 is 1.52. The van der Waals surface area contributed by atoms with Crippen LogP contribution in [-0.2, 0) is 11.3 Å². The van der Waals surface area contributed by atoms with E-state index in [0.29, 0.717) is 12.2 Å². The van der Waals surface area contributed by atoms with Gasteiger partial charge >= 0.3 is 5.97 Å². The molecule has 3 aromatic carbocycles. The van der Waals surface area contributed by atoms with Crippen LogP contribution in [0, 0.1) is 0 Å². The number of thiophene rings is 1. The van der Waals surface area contributed by atoms with Crippen LogP contribution in [0.1, 0.15) is 22.2 Å². The van der Waals surface area contributed by atoms with Crippen molar-refractivity contribution in [1.82, 2.24) is 0 Å². The van der Waals surface area contributed by atoms with Crippen LogP contribution in [0.5, 0.6) is 0 Å². The molecule has 1 heterocycles. The topological polar surface area (TPSA) is 90.7 Å². The largest absolute Gasteiger partial charge is 0.462 e. The first kappa shape index (κ1) is 19.0. The van der Waals surface area contributed by atoms with E-state index in [9.17, 15) is 4.79 Å². The second-order valence-corrected chi connectivity index (χ2v) is 7.74. The maximum atomic E-state index is 12.6. The number of carbonyl (C=O) groups is 1. The van der Waals surface area contributed by atoms with Crippen LogP contribution in [0.4, 0.5) is 0 Å². The van der Waals surface area contributed by atoms with E-state index in [1.54, 1.807) is 6.92 Å². The van der Waals surface area contributed by atoms with Crippen molar-refractivity contribution in [3.05, 3.63) is 71.1 Å². The summed E-state index contributed by atoms with van der Waals surface area (Å²) in [7, 11) is 0. The molecule has 0 spiro atoms. The summed E-state index contributed by atoms with van der Waals surface area (Å²) in [6.07, 6.45) is 0. The molecular weight excluding hydrogens is 382 g/mol. The molecule has 1 aromatic heterocycles. The van der Waals surface area contributed by atoms with Crippen molar-refractivity contribution in [1.29, 1.82) is 0 Å². The smallest absolute Gasteiger partial charge is 0.339 e. The fourth-order valence-electron chi connectivity index (χ4n) is 3.49. The van der Waals surface area contributed by atoms with Crippen LogP contribution in [0.15, 0.2) is 65.7 Å². The first-order valence-electron chi connectivity index (χ1n) is 9.34. The van der Waals surface area contributed by atoms with Gasteiger partial charge < -0.3 is 16.2 Å². The Balaban J connectivity index is 1.88. The Morgan fingerprint density at radius 3 is 2.62 bits per heavy atom.